The normalized spacial score (nSPS) is 13.7. The number of aliphatic hydroxyl groups excluding tert-OH is 1. The maximum Gasteiger partial charge on any atom is 0.329 e. The number of hydrogen-bond acceptors (Lipinski definition) is 5. The van der Waals surface area contributed by atoms with E-state index in [1.807, 2.05) is 30.3 Å². The van der Waals surface area contributed by atoms with Gasteiger partial charge in [-0.1, -0.05) is 30.3 Å². The molecule has 6 nitrogen and oxygen atoms in total. The number of rotatable bonds is 10. The number of amides is 1. The molecule has 0 aromatic heterocycles. The molecule has 2 atom stereocenters. The zero-order chi connectivity index (χ0) is 20.4. The van der Waals surface area contributed by atoms with Gasteiger partial charge in [0.1, 0.15) is 11.6 Å². The van der Waals surface area contributed by atoms with E-state index in [9.17, 15) is 9.59 Å². The summed E-state index contributed by atoms with van der Waals surface area (Å²) in [7, 11) is 1.60. The smallest absolute Gasteiger partial charge is 0.329 e. The van der Waals surface area contributed by atoms with Crippen LogP contribution in [0, 0.1) is 0 Å². The molecular weight excluding hydrogens is 344 g/mol. The van der Waals surface area contributed by atoms with E-state index in [0.717, 1.165) is 5.56 Å². The van der Waals surface area contributed by atoms with E-state index in [0.29, 0.717) is 32.1 Å². The summed E-state index contributed by atoms with van der Waals surface area (Å²) in [4.78, 5) is 26.7. The van der Waals surface area contributed by atoms with Crippen molar-refractivity contribution in [3.05, 3.63) is 35.9 Å². The van der Waals surface area contributed by atoms with Crippen LogP contribution in [0.4, 0.5) is 0 Å². The van der Waals surface area contributed by atoms with Gasteiger partial charge in [0.05, 0.1) is 6.04 Å². The molecule has 0 aliphatic heterocycles. The largest absolute Gasteiger partial charge is 0.458 e. The summed E-state index contributed by atoms with van der Waals surface area (Å²) in [6, 6.07) is 8.46. The van der Waals surface area contributed by atoms with Crippen LogP contribution in [0.1, 0.15) is 52.0 Å². The minimum absolute atomic E-state index is 0.0509. The number of esters is 1. The minimum atomic E-state index is -0.703. The van der Waals surface area contributed by atoms with Crippen LogP contribution in [0.3, 0.4) is 0 Å². The first-order valence-corrected chi connectivity index (χ1v) is 9.55. The molecule has 0 saturated heterocycles. The highest BCUT2D eigenvalue weighted by atomic mass is 16.6. The van der Waals surface area contributed by atoms with Gasteiger partial charge < -0.3 is 20.5 Å². The third-order valence-electron chi connectivity index (χ3n) is 4.28. The van der Waals surface area contributed by atoms with E-state index in [1.165, 1.54) is 4.90 Å². The quantitative estimate of drug-likeness (QED) is 0.481. The second-order valence-electron chi connectivity index (χ2n) is 7.85. The van der Waals surface area contributed by atoms with Crippen molar-refractivity contribution < 1.29 is 19.4 Å². The van der Waals surface area contributed by atoms with Crippen molar-refractivity contribution >= 4 is 11.9 Å². The van der Waals surface area contributed by atoms with Gasteiger partial charge in [-0.05, 0) is 58.4 Å². The highest BCUT2D eigenvalue weighted by Gasteiger charge is 2.32. The van der Waals surface area contributed by atoms with Crippen LogP contribution in [0.2, 0.25) is 0 Å². The van der Waals surface area contributed by atoms with Crippen LogP contribution < -0.4 is 5.73 Å². The number of hydrogen-bond donors (Lipinski definition) is 2. The first kappa shape index (κ1) is 23.1. The number of likely N-dealkylation sites (N-methyl/N-ethyl adjacent to an activating group) is 1. The first-order valence-electron chi connectivity index (χ1n) is 9.55. The molecule has 27 heavy (non-hydrogen) atoms. The third kappa shape index (κ3) is 8.54. The summed E-state index contributed by atoms with van der Waals surface area (Å²) in [5, 5.41) is 9.00. The van der Waals surface area contributed by atoms with E-state index in [2.05, 4.69) is 0 Å². The molecule has 3 N–H and O–H groups in total. The number of aryl methyl sites for hydroxylation is 1. The van der Waals surface area contributed by atoms with Crippen molar-refractivity contribution in [3.63, 3.8) is 0 Å². The topological polar surface area (TPSA) is 92.9 Å². The highest BCUT2D eigenvalue weighted by molar-refractivity contribution is 5.87. The molecule has 152 valence electrons. The van der Waals surface area contributed by atoms with Crippen molar-refractivity contribution in [2.45, 2.75) is 70.6 Å². The van der Waals surface area contributed by atoms with Gasteiger partial charge in [0.2, 0.25) is 5.91 Å². The Morgan fingerprint density at radius 3 is 2.33 bits per heavy atom. The number of carbonyl (C=O) groups excluding carboxylic acids is 2. The van der Waals surface area contributed by atoms with E-state index in [4.69, 9.17) is 15.6 Å². The fourth-order valence-electron chi connectivity index (χ4n) is 2.79. The maximum atomic E-state index is 12.8. The number of nitrogens with zero attached hydrogens (tertiary/aromatic N) is 1. The first-order chi connectivity index (χ1) is 12.7. The number of ether oxygens (including phenoxy) is 1. The molecule has 1 aromatic rings. The highest BCUT2D eigenvalue weighted by Crippen LogP contribution is 2.16. The van der Waals surface area contributed by atoms with Gasteiger partial charge in [-0.15, -0.1) is 0 Å². The lowest BCUT2D eigenvalue weighted by molar-refractivity contribution is -0.164. The summed E-state index contributed by atoms with van der Waals surface area (Å²) in [5.41, 5.74) is 6.59. The van der Waals surface area contributed by atoms with Crippen LogP contribution in [0.15, 0.2) is 30.3 Å². The average molecular weight is 379 g/mol. The predicted octanol–water partition coefficient (Wildman–Crippen LogP) is 2.28. The van der Waals surface area contributed by atoms with Gasteiger partial charge in [0.25, 0.3) is 0 Å². The van der Waals surface area contributed by atoms with E-state index < -0.39 is 23.7 Å². The Hall–Kier alpha value is -1.92. The van der Waals surface area contributed by atoms with Crippen molar-refractivity contribution in [2.75, 3.05) is 13.7 Å². The molecular formula is C21H34N2O4. The second-order valence-corrected chi connectivity index (χ2v) is 7.85. The Balaban J connectivity index is 2.73. The third-order valence-corrected chi connectivity index (χ3v) is 4.28. The number of carbonyl (C=O) groups is 2. The van der Waals surface area contributed by atoms with Crippen LogP contribution in [0.5, 0.6) is 0 Å². The van der Waals surface area contributed by atoms with Gasteiger partial charge in [-0.25, -0.2) is 4.79 Å². The Morgan fingerprint density at radius 2 is 1.78 bits per heavy atom. The molecule has 6 heteroatoms. The SMILES string of the molecule is CN(C(=O)[C@@H](N)CCc1ccccc1)[C@@H](CCCCO)C(=O)OC(C)(C)C. The molecule has 0 spiro atoms. The second kappa shape index (κ2) is 11.0. The molecule has 1 rings (SSSR count). The zero-order valence-electron chi connectivity index (χ0n) is 17.0. The Labute approximate surface area is 162 Å². The van der Waals surface area contributed by atoms with Crippen molar-refractivity contribution in [1.82, 2.24) is 4.90 Å². The van der Waals surface area contributed by atoms with Gasteiger partial charge >= 0.3 is 5.97 Å². The summed E-state index contributed by atoms with van der Waals surface area (Å²) >= 11 is 0. The zero-order valence-corrected chi connectivity index (χ0v) is 17.0. The fourth-order valence-corrected chi connectivity index (χ4v) is 2.79. The Kier molecular flexibility index (Phi) is 9.46. The summed E-state index contributed by atoms with van der Waals surface area (Å²) in [5.74, 6) is -0.711. The van der Waals surface area contributed by atoms with Gasteiger partial charge in [-0.3, -0.25) is 4.79 Å². The molecule has 1 aromatic carbocycles. The molecule has 0 fully saturated rings. The predicted molar refractivity (Wildman–Crippen MR) is 106 cm³/mol. The Morgan fingerprint density at radius 1 is 1.15 bits per heavy atom. The number of aliphatic hydroxyl groups is 1. The lowest BCUT2D eigenvalue weighted by Gasteiger charge is -2.31. The Bertz CT molecular complexity index is 584. The molecule has 0 aliphatic carbocycles. The molecule has 0 radical (unpaired) electrons. The van der Waals surface area contributed by atoms with Crippen LogP contribution in [-0.4, -0.2) is 53.2 Å². The standard InChI is InChI=1S/C21H34N2O4/c1-21(2,3)27-20(26)18(12-8-9-15-24)23(4)19(25)17(22)14-13-16-10-6-5-7-11-16/h5-7,10-11,17-18,24H,8-9,12-15,22H2,1-4H3/t17-,18-/m0/s1. The van der Waals surface area contributed by atoms with Crippen molar-refractivity contribution in [1.29, 1.82) is 0 Å². The van der Waals surface area contributed by atoms with Crippen molar-refractivity contribution in [2.24, 2.45) is 5.73 Å². The van der Waals surface area contributed by atoms with Crippen LogP contribution >= 0.6 is 0 Å². The number of benzene rings is 1. The summed E-state index contributed by atoms with van der Waals surface area (Å²) in [6.45, 7) is 5.44. The average Bonchev–Trinajstić information content (AvgIpc) is 2.61. The minimum Gasteiger partial charge on any atom is -0.458 e. The van der Waals surface area contributed by atoms with Crippen LogP contribution in [-0.2, 0) is 20.7 Å². The molecule has 1 amide bonds. The molecule has 0 unspecified atom stereocenters. The number of unbranched alkanes of at least 4 members (excludes halogenated alkanes) is 1. The van der Waals surface area contributed by atoms with Gasteiger partial charge in [0, 0.05) is 13.7 Å². The summed E-state index contributed by atoms with van der Waals surface area (Å²) in [6.07, 6.45) is 2.83. The van der Waals surface area contributed by atoms with Crippen LogP contribution in [0.25, 0.3) is 0 Å². The summed E-state index contributed by atoms with van der Waals surface area (Å²) < 4.78 is 5.47. The number of nitrogens with two attached hydrogens (primary N) is 1. The van der Waals surface area contributed by atoms with Crippen molar-refractivity contribution in [3.8, 4) is 0 Å². The molecule has 0 bridgehead atoms. The van der Waals surface area contributed by atoms with E-state index in [1.54, 1.807) is 27.8 Å². The van der Waals surface area contributed by atoms with E-state index in [-0.39, 0.29) is 12.5 Å². The fraction of sp³-hybridized carbons (Fsp3) is 0.619. The monoisotopic (exact) mass is 378 g/mol. The lowest BCUT2D eigenvalue weighted by Crippen LogP contribution is -2.51. The maximum absolute atomic E-state index is 12.8. The van der Waals surface area contributed by atoms with Gasteiger partial charge in [0.15, 0.2) is 0 Å². The molecule has 0 heterocycles. The lowest BCUT2D eigenvalue weighted by atomic mass is 10.0. The molecule has 0 aliphatic rings. The van der Waals surface area contributed by atoms with E-state index >= 15 is 0 Å². The van der Waals surface area contributed by atoms with Gasteiger partial charge in [-0.2, -0.15) is 0 Å². The molecule has 0 saturated carbocycles.